The van der Waals surface area contributed by atoms with Gasteiger partial charge in [0.2, 0.25) is 5.91 Å². The predicted octanol–water partition coefficient (Wildman–Crippen LogP) is -0.472. The van der Waals surface area contributed by atoms with E-state index in [0.29, 0.717) is 0 Å². The Morgan fingerprint density at radius 3 is 2.75 bits per heavy atom. The summed E-state index contributed by atoms with van der Waals surface area (Å²) in [4.78, 5) is 26.7. The van der Waals surface area contributed by atoms with Crippen LogP contribution in [-0.4, -0.2) is 29.9 Å². The van der Waals surface area contributed by atoms with Crippen LogP contribution in [0.1, 0.15) is 17.3 Å². The van der Waals surface area contributed by atoms with Gasteiger partial charge < -0.3 is 16.4 Å². The highest BCUT2D eigenvalue weighted by Gasteiger charge is 2.16. The van der Waals surface area contributed by atoms with Gasteiger partial charge in [-0.1, -0.05) is 0 Å². The van der Waals surface area contributed by atoms with Gasteiger partial charge in [0, 0.05) is 13.2 Å². The molecule has 2 amide bonds. The SMILES string of the molecule is CNC(=O)C(C)NC(=O)c1cccnc1N. The molecule has 1 atom stereocenters. The molecular weight excluding hydrogens is 208 g/mol. The largest absolute Gasteiger partial charge is 0.383 e. The number of pyridine rings is 1. The minimum absolute atomic E-state index is 0.143. The predicted molar refractivity (Wildman–Crippen MR) is 59.6 cm³/mol. The Balaban J connectivity index is 2.73. The smallest absolute Gasteiger partial charge is 0.255 e. The normalized spacial score (nSPS) is 11.6. The molecule has 0 radical (unpaired) electrons. The highest BCUT2D eigenvalue weighted by Crippen LogP contribution is 2.06. The number of nitrogens with zero attached hydrogens (tertiary/aromatic N) is 1. The molecule has 0 spiro atoms. The maximum Gasteiger partial charge on any atom is 0.255 e. The summed E-state index contributed by atoms with van der Waals surface area (Å²) in [5, 5.41) is 4.95. The van der Waals surface area contributed by atoms with Gasteiger partial charge in [-0.3, -0.25) is 9.59 Å². The van der Waals surface area contributed by atoms with Crippen LogP contribution in [0.15, 0.2) is 18.3 Å². The molecule has 16 heavy (non-hydrogen) atoms. The lowest BCUT2D eigenvalue weighted by Crippen LogP contribution is -2.43. The average Bonchev–Trinajstić information content (AvgIpc) is 2.28. The summed E-state index contributed by atoms with van der Waals surface area (Å²) in [5.41, 5.74) is 5.80. The first-order valence-electron chi connectivity index (χ1n) is 4.79. The minimum Gasteiger partial charge on any atom is -0.383 e. The van der Waals surface area contributed by atoms with E-state index >= 15 is 0 Å². The molecule has 0 fully saturated rings. The molecule has 1 heterocycles. The van der Waals surface area contributed by atoms with Crippen LogP contribution < -0.4 is 16.4 Å². The van der Waals surface area contributed by atoms with Gasteiger partial charge in [0.1, 0.15) is 11.9 Å². The summed E-state index contributed by atoms with van der Waals surface area (Å²) in [6.07, 6.45) is 1.49. The standard InChI is InChI=1S/C10H14N4O2/c1-6(9(15)12-2)14-10(16)7-4-3-5-13-8(7)11/h3-6H,1-2H3,(H2,11,13)(H,12,15)(H,14,16). The Kier molecular flexibility index (Phi) is 3.82. The summed E-state index contributed by atoms with van der Waals surface area (Å²) in [7, 11) is 1.50. The topological polar surface area (TPSA) is 97.1 Å². The number of carbonyl (C=O) groups is 2. The summed E-state index contributed by atoms with van der Waals surface area (Å²) < 4.78 is 0. The highest BCUT2D eigenvalue weighted by molar-refractivity contribution is 6.00. The third-order valence-corrected chi connectivity index (χ3v) is 2.07. The molecule has 0 aliphatic heterocycles. The van der Waals surface area contributed by atoms with Gasteiger partial charge in [-0.15, -0.1) is 0 Å². The molecule has 86 valence electrons. The Morgan fingerprint density at radius 2 is 2.19 bits per heavy atom. The van der Waals surface area contributed by atoms with Crippen molar-refractivity contribution in [2.75, 3.05) is 12.8 Å². The maximum atomic E-state index is 11.7. The highest BCUT2D eigenvalue weighted by atomic mass is 16.2. The molecule has 1 rings (SSSR count). The lowest BCUT2D eigenvalue weighted by molar-refractivity contribution is -0.122. The van der Waals surface area contributed by atoms with Crippen LogP contribution in [0.2, 0.25) is 0 Å². The van der Waals surface area contributed by atoms with Crippen molar-refractivity contribution in [1.29, 1.82) is 0 Å². The number of hydrogen-bond acceptors (Lipinski definition) is 4. The second kappa shape index (κ2) is 5.11. The van der Waals surface area contributed by atoms with Gasteiger partial charge in [0.15, 0.2) is 0 Å². The molecule has 6 heteroatoms. The van der Waals surface area contributed by atoms with Gasteiger partial charge >= 0.3 is 0 Å². The van der Waals surface area contributed by atoms with Crippen LogP contribution >= 0.6 is 0 Å². The molecule has 1 unspecified atom stereocenters. The van der Waals surface area contributed by atoms with Crippen molar-refractivity contribution < 1.29 is 9.59 Å². The van der Waals surface area contributed by atoms with Crippen LogP contribution in [0.4, 0.5) is 5.82 Å². The Bertz CT molecular complexity index is 406. The first-order chi connectivity index (χ1) is 7.56. The Labute approximate surface area is 93.2 Å². The number of nitrogens with one attached hydrogen (secondary N) is 2. The number of hydrogen-bond donors (Lipinski definition) is 3. The fraction of sp³-hybridized carbons (Fsp3) is 0.300. The molecule has 0 saturated heterocycles. The van der Waals surface area contributed by atoms with E-state index in [-0.39, 0.29) is 17.3 Å². The van der Waals surface area contributed by atoms with Crippen LogP contribution in [0.3, 0.4) is 0 Å². The van der Waals surface area contributed by atoms with Gasteiger partial charge in [-0.25, -0.2) is 4.98 Å². The van der Waals surface area contributed by atoms with Crippen LogP contribution in [-0.2, 0) is 4.79 Å². The summed E-state index contributed by atoms with van der Waals surface area (Å²) in [6.45, 7) is 1.59. The fourth-order valence-electron chi connectivity index (χ4n) is 1.17. The first-order valence-corrected chi connectivity index (χ1v) is 4.79. The lowest BCUT2D eigenvalue weighted by Gasteiger charge is -2.12. The number of carbonyl (C=O) groups excluding carboxylic acids is 2. The number of aromatic nitrogens is 1. The number of rotatable bonds is 3. The molecule has 0 saturated carbocycles. The molecule has 0 bridgehead atoms. The average molecular weight is 222 g/mol. The van der Waals surface area contributed by atoms with Crippen LogP contribution in [0.25, 0.3) is 0 Å². The van der Waals surface area contributed by atoms with Crippen molar-refractivity contribution in [3.63, 3.8) is 0 Å². The molecule has 4 N–H and O–H groups in total. The van der Waals surface area contributed by atoms with E-state index in [4.69, 9.17) is 5.73 Å². The van der Waals surface area contributed by atoms with E-state index in [1.165, 1.54) is 13.2 Å². The first kappa shape index (κ1) is 12.0. The van der Waals surface area contributed by atoms with Crippen LogP contribution in [0, 0.1) is 0 Å². The van der Waals surface area contributed by atoms with Crippen LogP contribution in [0.5, 0.6) is 0 Å². The van der Waals surface area contributed by atoms with E-state index < -0.39 is 11.9 Å². The molecule has 0 aliphatic rings. The monoisotopic (exact) mass is 222 g/mol. The van der Waals surface area contributed by atoms with E-state index in [9.17, 15) is 9.59 Å². The summed E-state index contributed by atoms with van der Waals surface area (Å²) >= 11 is 0. The fourth-order valence-corrected chi connectivity index (χ4v) is 1.17. The number of amides is 2. The van der Waals surface area contributed by atoms with E-state index in [0.717, 1.165) is 0 Å². The minimum atomic E-state index is -0.614. The van der Waals surface area contributed by atoms with Crippen molar-refractivity contribution in [1.82, 2.24) is 15.6 Å². The number of nitrogen functional groups attached to an aromatic ring is 1. The van der Waals surface area contributed by atoms with Gasteiger partial charge in [-0.05, 0) is 19.1 Å². The zero-order valence-corrected chi connectivity index (χ0v) is 9.15. The van der Waals surface area contributed by atoms with Crippen molar-refractivity contribution >= 4 is 17.6 Å². The summed E-state index contributed by atoms with van der Waals surface area (Å²) in [6, 6.07) is 2.54. The van der Waals surface area contributed by atoms with Crippen molar-refractivity contribution in [2.45, 2.75) is 13.0 Å². The lowest BCUT2D eigenvalue weighted by atomic mass is 10.2. The molecular formula is C10H14N4O2. The second-order valence-corrected chi connectivity index (χ2v) is 3.25. The number of nitrogens with two attached hydrogens (primary N) is 1. The molecule has 0 aromatic carbocycles. The summed E-state index contributed by atoms with van der Waals surface area (Å²) in [5.74, 6) is -0.540. The zero-order valence-electron chi connectivity index (χ0n) is 9.15. The van der Waals surface area contributed by atoms with Gasteiger partial charge in [0.25, 0.3) is 5.91 Å². The second-order valence-electron chi connectivity index (χ2n) is 3.25. The quantitative estimate of drug-likeness (QED) is 0.644. The van der Waals surface area contributed by atoms with Crippen molar-refractivity contribution in [3.05, 3.63) is 23.9 Å². The van der Waals surface area contributed by atoms with Crippen molar-refractivity contribution in [2.24, 2.45) is 0 Å². The third-order valence-electron chi connectivity index (χ3n) is 2.07. The molecule has 0 aliphatic carbocycles. The van der Waals surface area contributed by atoms with E-state index in [1.807, 2.05) is 0 Å². The van der Waals surface area contributed by atoms with E-state index in [2.05, 4.69) is 15.6 Å². The molecule has 1 aromatic rings. The Morgan fingerprint density at radius 1 is 1.50 bits per heavy atom. The third kappa shape index (κ3) is 2.69. The zero-order chi connectivity index (χ0) is 12.1. The van der Waals surface area contributed by atoms with Crippen molar-refractivity contribution in [3.8, 4) is 0 Å². The van der Waals surface area contributed by atoms with Gasteiger partial charge in [-0.2, -0.15) is 0 Å². The van der Waals surface area contributed by atoms with Gasteiger partial charge in [0.05, 0.1) is 5.56 Å². The maximum absolute atomic E-state index is 11.7. The number of anilines is 1. The Hall–Kier alpha value is -2.11. The number of likely N-dealkylation sites (N-methyl/N-ethyl adjacent to an activating group) is 1. The van der Waals surface area contributed by atoms with E-state index in [1.54, 1.807) is 19.1 Å². The molecule has 6 nitrogen and oxygen atoms in total. The molecule has 1 aromatic heterocycles.